The van der Waals surface area contributed by atoms with Crippen LogP contribution in [0.2, 0.25) is 19.6 Å². The van der Waals surface area contributed by atoms with Crippen LogP contribution in [0.3, 0.4) is 0 Å². The molecule has 0 saturated carbocycles. The van der Waals surface area contributed by atoms with Gasteiger partial charge in [-0.2, -0.15) is 0 Å². The van der Waals surface area contributed by atoms with E-state index in [1.54, 1.807) is 0 Å². The summed E-state index contributed by atoms with van der Waals surface area (Å²) >= 11 is 3.42. The number of halogens is 1. The molecule has 3 heteroatoms. The molecule has 0 aromatic heterocycles. The summed E-state index contributed by atoms with van der Waals surface area (Å²) in [5.41, 5.74) is 0. The Kier molecular flexibility index (Phi) is 4.55. The molecule has 0 aliphatic rings. The van der Waals surface area contributed by atoms with Crippen LogP contribution in [0, 0.1) is 0 Å². The van der Waals surface area contributed by atoms with Gasteiger partial charge in [-0.05, 0) is 6.42 Å². The summed E-state index contributed by atoms with van der Waals surface area (Å²) in [5.74, 6) is 0. The maximum atomic E-state index is 11.6. The van der Waals surface area contributed by atoms with Crippen LogP contribution in [0.1, 0.15) is 19.8 Å². The summed E-state index contributed by atoms with van der Waals surface area (Å²) in [6.45, 7) is 8.39. The van der Waals surface area contributed by atoms with E-state index in [2.05, 4.69) is 42.5 Å². The fraction of sp³-hybridized carbons (Fsp3) is 0.875. The van der Waals surface area contributed by atoms with Crippen LogP contribution in [-0.4, -0.2) is 18.3 Å². The molecule has 0 rings (SSSR count). The van der Waals surface area contributed by atoms with Crippen molar-refractivity contribution in [3.63, 3.8) is 0 Å². The zero-order valence-electron chi connectivity index (χ0n) is 7.78. The van der Waals surface area contributed by atoms with Crippen LogP contribution in [0.5, 0.6) is 0 Å². The molecule has 0 aliphatic carbocycles. The smallest absolute Gasteiger partial charge is 0.125 e. The highest BCUT2D eigenvalue weighted by Crippen LogP contribution is 2.16. The Labute approximate surface area is 78.7 Å². The molecule has 0 radical (unpaired) electrons. The Hall–Kier alpha value is 0.367. The number of hydrogen-bond acceptors (Lipinski definition) is 1. The zero-order chi connectivity index (χ0) is 9.07. The van der Waals surface area contributed by atoms with E-state index < -0.39 is 8.07 Å². The molecule has 0 aliphatic heterocycles. The Morgan fingerprint density at radius 2 is 1.91 bits per heavy atom. The van der Waals surface area contributed by atoms with Crippen LogP contribution in [0.25, 0.3) is 0 Å². The molecule has 0 saturated heterocycles. The third-order valence-corrected chi connectivity index (χ3v) is 4.69. The molecular weight excluding hydrogens is 220 g/mol. The van der Waals surface area contributed by atoms with Crippen molar-refractivity contribution in [2.45, 2.75) is 44.2 Å². The second-order valence-electron chi connectivity index (χ2n) is 3.87. The lowest BCUT2D eigenvalue weighted by molar-refractivity contribution is -0.112. The minimum absolute atomic E-state index is 0.110. The third kappa shape index (κ3) is 4.06. The fourth-order valence-electron chi connectivity index (χ4n) is 0.854. The average molecular weight is 237 g/mol. The van der Waals surface area contributed by atoms with Crippen molar-refractivity contribution in [2.24, 2.45) is 0 Å². The third-order valence-electron chi connectivity index (χ3n) is 1.57. The predicted molar refractivity (Wildman–Crippen MR) is 56.0 cm³/mol. The van der Waals surface area contributed by atoms with Crippen LogP contribution >= 0.6 is 15.9 Å². The Morgan fingerprint density at radius 3 is 2.18 bits per heavy atom. The average Bonchev–Trinajstić information content (AvgIpc) is 1.85. The van der Waals surface area contributed by atoms with E-state index in [1.807, 2.05) is 0 Å². The van der Waals surface area contributed by atoms with Gasteiger partial charge in [0, 0.05) is 0 Å². The van der Waals surface area contributed by atoms with Gasteiger partial charge >= 0.3 is 0 Å². The van der Waals surface area contributed by atoms with E-state index in [9.17, 15) is 4.79 Å². The molecule has 0 heterocycles. The molecule has 0 fully saturated rings. The number of alkyl halides is 1. The minimum Gasteiger partial charge on any atom is -0.304 e. The van der Waals surface area contributed by atoms with Crippen molar-refractivity contribution < 1.29 is 4.79 Å². The summed E-state index contributed by atoms with van der Waals surface area (Å²) in [4.78, 5) is 11.7. The van der Waals surface area contributed by atoms with Crippen molar-refractivity contribution in [3.8, 4) is 0 Å². The van der Waals surface area contributed by atoms with Crippen LogP contribution in [0.4, 0.5) is 0 Å². The number of carbonyl (C=O) groups is 1. The summed E-state index contributed by atoms with van der Waals surface area (Å²) in [7, 11) is -1.55. The molecule has 0 spiro atoms. The van der Waals surface area contributed by atoms with Crippen molar-refractivity contribution in [2.75, 3.05) is 0 Å². The lowest BCUT2D eigenvalue weighted by Gasteiger charge is -2.17. The lowest BCUT2D eigenvalue weighted by Crippen LogP contribution is -2.39. The summed E-state index contributed by atoms with van der Waals surface area (Å²) in [6.07, 6.45) is 2.05. The molecule has 0 aromatic rings. The van der Waals surface area contributed by atoms with E-state index in [1.165, 1.54) is 0 Å². The van der Waals surface area contributed by atoms with Crippen LogP contribution < -0.4 is 0 Å². The molecule has 66 valence electrons. The summed E-state index contributed by atoms with van der Waals surface area (Å²) in [5, 5.41) is 0.444. The predicted octanol–water partition coefficient (Wildman–Crippen LogP) is 3.00. The van der Waals surface area contributed by atoms with E-state index in [-0.39, 0.29) is 4.83 Å². The van der Waals surface area contributed by atoms with Gasteiger partial charge < -0.3 is 4.79 Å². The monoisotopic (exact) mass is 236 g/mol. The Balaban J connectivity index is 4.03. The molecule has 1 atom stereocenters. The first-order valence-electron chi connectivity index (χ1n) is 4.08. The van der Waals surface area contributed by atoms with E-state index >= 15 is 0 Å². The molecule has 1 nitrogen and oxygen atoms in total. The lowest BCUT2D eigenvalue weighted by atomic mass is 10.3. The van der Waals surface area contributed by atoms with Crippen molar-refractivity contribution in [1.82, 2.24) is 0 Å². The molecule has 0 amide bonds. The highest BCUT2D eigenvalue weighted by atomic mass is 79.9. The second-order valence-corrected chi connectivity index (χ2v) is 9.97. The zero-order valence-corrected chi connectivity index (χ0v) is 10.4. The van der Waals surface area contributed by atoms with Gasteiger partial charge in [0.2, 0.25) is 0 Å². The van der Waals surface area contributed by atoms with Gasteiger partial charge in [0.1, 0.15) is 13.5 Å². The van der Waals surface area contributed by atoms with Gasteiger partial charge in [0.15, 0.2) is 0 Å². The first-order valence-corrected chi connectivity index (χ1v) is 8.49. The van der Waals surface area contributed by atoms with Gasteiger partial charge in [-0.3, -0.25) is 0 Å². The molecule has 11 heavy (non-hydrogen) atoms. The normalized spacial score (nSPS) is 14.6. The van der Waals surface area contributed by atoms with Crippen molar-refractivity contribution in [1.29, 1.82) is 0 Å². The molecule has 0 aromatic carbocycles. The van der Waals surface area contributed by atoms with Gasteiger partial charge in [-0.1, -0.05) is 48.9 Å². The Bertz CT molecular complexity index is 140. The fourth-order valence-corrected chi connectivity index (χ4v) is 4.46. The van der Waals surface area contributed by atoms with E-state index in [4.69, 9.17) is 0 Å². The number of carbonyl (C=O) groups excluding carboxylic acids is 1. The maximum absolute atomic E-state index is 11.6. The highest BCUT2D eigenvalue weighted by molar-refractivity contribution is 9.10. The Morgan fingerprint density at radius 1 is 1.45 bits per heavy atom. The summed E-state index contributed by atoms with van der Waals surface area (Å²) in [6, 6.07) is 0. The second kappa shape index (κ2) is 4.41. The number of hydrogen-bond donors (Lipinski definition) is 0. The van der Waals surface area contributed by atoms with Gasteiger partial charge in [0.05, 0.1) is 4.83 Å². The van der Waals surface area contributed by atoms with Crippen LogP contribution in [-0.2, 0) is 4.79 Å². The SMILES string of the molecule is CCCC(Br)C(=O)[Si](C)(C)C. The van der Waals surface area contributed by atoms with E-state index in [0.717, 1.165) is 12.8 Å². The molecular formula is C8H17BrOSi. The van der Waals surface area contributed by atoms with Gasteiger partial charge in [-0.15, -0.1) is 0 Å². The first kappa shape index (κ1) is 11.4. The largest absolute Gasteiger partial charge is 0.304 e. The van der Waals surface area contributed by atoms with Crippen LogP contribution in [0.15, 0.2) is 0 Å². The highest BCUT2D eigenvalue weighted by Gasteiger charge is 2.28. The van der Waals surface area contributed by atoms with Crippen molar-refractivity contribution >= 4 is 29.4 Å². The quantitative estimate of drug-likeness (QED) is 0.542. The number of rotatable bonds is 4. The molecule has 1 unspecified atom stereocenters. The van der Waals surface area contributed by atoms with Gasteiger partial charge in [0.25, 0.3) is 0 Å². The minimum atomic E-state index is -1.55. The molecule has 0 bridgehead atoms. The topological polar surface area (TPSA) is 17.1 Å². The maximum Gasteiger partial charge on any atom is 0.125 e. The first-order chi connectivity index (χ1) is 4.89. The van der Waals surface area contributed by atoms with E-state index in [0.29, 0.717) is 5.41 Å². The van der Waals surface area contributed by atoms with Gasteiger partial charge in [-0.25, -0.2) is 0 Å². The van der Waals surface area contributed by atoms with Crippen molar-refractivity contribution in [3.05, 3.63) is 0 Å². The summed E-state index contributed by atoms with van der Waals surface area (Å²) < 4.78 is 0. The molecule has 0 N–H and O–H groups in total. The standard InChI is InChI=1S/C8H17BrOSi/c1-5-6-7(9)8(10)11(2,3)4/h7H,5-6H2,1-4H3.